The number of nitrogens with one attached hydrogen (secondary N) is 2. The number of sulfonamides is 1. The summed E-state index contributed by atoms with van der Waals surface area (Å²) >= 11 is 6.03. The average molecular weight is 570 g/mol. The number of ether oxygens (including phenoxy) is 1. The van der Waals surface area contributed by atoms with Crippen molar-refractivity contribution in [2.75, 3.05) is 29.9 Å². The van der Waals surface area contributed by atoms with Gasteiger partial charge in [-0.05, 0) is 68.7 Å². The Kier molecular flexibility index (Phi) is 9.27. The molecule has 0 spiro atoms. The van der Waals surface area contributed by atoms with Crippen LogP contribution < -0.4 is 14.9 Å². The first-order valence-electron chi connectivity index (χ1n) is 12.9. The lowest BCUT2D eigenvalue weighted by molar-refractivity contribution is -0.148. The largest absolute Gasteiger partial charge is 0.466 e. The smallest absolute Gasteiger partial charge is 0.310 e. The van der Waals surface area contributed by atoms with Gasteiger partial charge in [0.15, 0.2) is 0 Å². The van der Waals surface area contributed by atoms with Gasteiger partial charge in [0.05, 0.1) is 18.2 Å². The van der Waals surface area contributed by atoms with E-state index < -0.39 is 22.0 Å². The van der Waals surface area contributed by atoms with Gasteiger partial charge >= 0.3 is 5.97 Å². The average Bonchev–Trinajstić information content (AvgIpc) is 2.93. The predicted molar refractivity (Wildman–Crippen MR) is 153 cm³/mol. The van der Waals surface area contributed by atoms with E-state index in [9.17, 15) is 18.0 Å². The fourth-order valence-electron chi connectivity index (χ4n) is 4.66. The normalized spacial score (nSPS) is 16.4. The van der Waals surface area contributed by atoms with Crippen LogP contribution in [0.2, 0.25) is 5.02 Å². The lowest BCUT2D eigenvalue weighted by atomic mass is 9.97. The molecule has 1 aliphatic heterocycles. The second-order valence-electron chi connectivity index (χ2n) is 9.44. The van der Waals surface area contributed by atoms with Crippen LogP contribution in [0.15, 0.2) is 77.7 Å². The van der Waals surface area contributed by atoms with E-state index in [-0.39, 0.29) is 23.4 Å². The lowest BCUT2D eigenvalue weighted by Gasteiger charge is -2.34. The van der Waals surface area contributed by atoms with Crippen molar-refractivity contribution in [3.8, 4) is 0 Å². The van der Waals surface area contributed by atoms with E-state index in [1.54, 1.807) is 44.2 Å². The third-order valence-corrected chi connectivity index (χ3v) is 8.41. The highest BCUT2D eigenvalue weighted by molar-refractivity contribution is 7.89. The van der Waals surface area contributed by atoms with Crippen molar-refractivity contribution in [1.29, 1.82) is 0 Å². The Labute approximate surface area is 234 Å². The van der Waals surface area contributed by atoms with Crippen LogP contribution in [0.1, 0.15) is 48.7 Å². The number of anilines is 2. The molecule has 1 heterocycles. The number of amides is 1. The molecule has 1 aliphatic rings. The molecule has 39 heavy (non-hydrogen) atoms. The summed E-state index contributed by atoms with van der Waals surface area (Å²) < 4.78 is 35.6. The minimum absolute atomic E-state index is 0.0127. The summed E-state index contributed by atoms with van der Waals surface area (Å²) in [7, 11) is -4.05. The molecule has 0 unspecified atom stereocenters. The fourth-order valence-corrected chi connectivity index (χ4v) is 6.33. The highest BCUT2D eigenvalue weighted by atomic mass is 35.5. The second kappa shape index (κ2) is 12.6. The Morgan fingerprint density at radius 1 is 1.08 bits per heavy atom. The van der Waals surface area contributed by atoms with E-state index in [1.807, 2.05) is 35.2 Å². The van der Waals surface area contributed by atoms with Gasteiger partial charge in [-0.25, -0.2) is 13.1 Å². The number of esters is 1. The quantitative estimate of drug-likeness (QED) is 0.334. The van der Waals surface area contributed by atoms with Crippen molar-refractivity contribution in [3.63, 3.8) is 0 Å². The molecular formula is C29H32ClN3O5S. The van der Waals surface area contributed by atoms with Crippen LogP contribution in [-0.2, 0) is 19.6 Å². The van der Waals surface area contributed by atoms with E-state index >= 15 is 0 Å². The van der Waals surface area contributed by atoms with Crippen molar-refractivity contribution in [3.05, 3.63) is 88.9 Å². The van der Waals surface area contributed by atoms with Gasteiger partial charge in [0.25, 0.3) is 5.91 Å². The fraction of sp³-hybridized carbons (Fsp3) is 0.310. The molecule has 0 aromatic heterocycles. The van der Waals surface area contributed by atoms with Crippen LogP contribution in [0.3, 0.4) is 0 Å². The Balaban J connectivity index is 1.68. The van der Waals surface area contributed by atoms with E-state index in [0.29, 0.717) is 47.9 Å². The zero-order valence-corrected chi connectivity index (χ0v) is 23.5. The van der Waals surface area contributed by atoms with Crippen LogP contribution in [-0.4, -0.2) is 40.0 Å². The predicted octanol–water partition coefficient (Wildman–Crippen LogP) is 5.41. The summed E-state index contributed by atoms with van der Waals surface area (Å²) in [5.41, 5.74) is 1.93. The Morgan fingerprint density at radius 3 is 2.56 bits per heavy atom. The summed E-state index contributed by atoms with van der Waals surface area (Å²) in [6.45, 7) is 4.75. The van der Waals surface area contributed by atoms with Gasteiger partial charge in [-0.2, -0.15) is 0 Å². The van der Waals surface area contributed by atoms with Gasteiger partial charge < -0.3 is 15.0 Å². The lowest BCUT2D eigenvalue weighted by Crippen LogP contribution is -2.40. The van der Waals surface area contributed by atoms with Crippen molar-refractivity contribution < 1.29 is 22.7 Å². The van der Waals surface area contributed by atoms with E-state index in [0.717, 1.165) is 5.56 Å². The van der Waals surface area contributed by atoms with E-state index in [4.69, 9.17) is 16.3 Å². The van der Waals surface area contributed by atoms with Gasteiger partial charge in [-0.15, -0.1) is 0 Å². The minimum atomic E-state index is -4.05. The summed E-state index contributed by atoms with van der Waals surface area (Å²) in [5, 5.41) is 3.19. The maximum atomic E-state index is 13.8. The van der Waals surface area contributed by atoms with Gasteiger partial charge in [0, 0.05) is 35.4 Å². The molecule has 3 aromatic rings. The van der Waals surface area contributed by atoms with Gasteiger partial charge in [-0.3, -0.25) is 9.59 Å². The molecule has 1 amide bonds. The van der Waals surface area contributed by atoms with E-state index in [2.05, 4.69) is 10.0 Å². The summed E-state index contributed by atoms with van der Waals surface area (Å²) in [6.07, 6.45) is 1.39. The molecule has 0 aliphatic carbocycles. The maximum absolute atomic E-state index is 13.8. The van der Waals surface area contributed by atoms with Crippen molar-refractivity contribution >= 4 is 44.9 Å². The SMILES string of the molecule is CCOC(=O)[C@@H]1CCCN(c2ccc(NC(=O)c3cccc(Cl)c3)cc2S(=O)(=O)N[C@@H](C)c2ccccc2)C1. The molecule has 8 nitrogen and oxygen atoms in total. The topological polar surface area (TPSA) is 105 Å². The summed E-state index contributed by atoms with van der Waals surface area (Å²) in [6, 6.07) is 20.0. The first-order valence-corrected chi connectivity index (χ1v) is 14.7. The molecule has 1 fully saturated rings. The number of hydrogen-bond donors (Lipinski definition) is 2. The maximum Gasteiger partial charge on any atom is 0.310 e. The molecule has 0 radical (unpaired) electrons. The molecular weight excluding hydrogens is 538 g/mol. The van der Waals surface area contributed by atoms with Crippen molar-refractivity contribution in [1.82, 2.24) is 4.72 Å². The molecule has 10 heteroatoms. The Hall–Kier alpha value is -3.40. The van der Waals surface area contributed by atoms with Crippen LogP contribution >= 0.6 is 11.6 Å². The zero-order valence-electron chi connectivity index (χ0n) is 21.9. The van der Waals surface area contributed by atoms with Crippen LogP contribution in [0.25, 0.3) is 0 Å². The number of carbonyl (C=O) groups excluding carboxylic acids is 2. The van der Waals surface area contributed by atoms with Crippen LogP contribution in [0.4, 0.5) is 11.4 Å². The number of carbonyl (C=O) groups is 2. The van der Waals surface area contributed by atoms with Gasteiger partial charge in [0.1, 0.15) is 4.90 Å². The third-order valence-electron chi connectivity index (χ3n) is 6.61. The van der Waals surface area contributed by atoms with E-state index in [1.165, 1.54) is 12.1 Å². The number of piperidine rings is 1. The van der Waals surface area contributed by atoms with Gasteiger partial charge in [-0.1, -0.05) is 48.0 Å². The van der Waals surface area contributed by atoms with Crippen molar-refractivity contribution in [2.45, 2.75) is 37.6 Å². The first kappa shape index (κ1) is 28.6. The molecule has 206 valence electrons. The summed E-state index contributed by atoms with van der Waals surface area (Å²) in [4.78, 5) is 27.2. The minimum Gasteiger partial charge on any atom is -0.466 e. The second-order valence-corrected chi connectivity index (χ2v) is 11.6. The molecule has 2 atom stereocenters. The highest BCUT2D eigenvalue weighted by Gasteiger charge is 2.31. The molecule has 0 saturated carbocycles. The van der Waals surface area contributed by atoms with Gasteiger partial charge in [0.2, 0.25) is 10.0 Å². The molecule has 2 N–H and O–H groups in total. The number of nitrogens with zero attached hydrogens (tertiary/aromatic N) is 1. The molecule has 4 rings (SSSR count). The monoisotopic (exact) mass is 569 g/mol. The molecule has 0 bridgehead atoms. The van der Waals surface area contributed by atoms with Crippen LogP contribution in [0.5, 0.6) is 0 Å². The Bertz CT molecular complexity index is 1430. The van der Waals surface area contributed by atoms with Crippen molar-refractivity contribution in [2.24, 2.45) is 5.92 Å². The number of benzene rings is 3. The standard InChI is InChI=1S/C29H32ClN3O5S/c1-3-38-29(35)23-12-8-16-33(19-23)26-15-14-25(31-28(34)22-11-7-13-24(30)17-22)18-27(26)39(36,37)32-20(2)21-9-5-4-6-10-21/h4-7,9-11,13-15,17-18,20,23,32H,3,8,12,16,19H2,1-2H3,(H,31,34)/t20-,23+/m0/s1. The zero-order chi connectivity index (χ0) is 28.0. The van der Waals surface area contributed by atoms with Crippen LogP contribution in [0, 0.1) is 5.92 Å². The molecule has 1 saturated heterocycles. The molecule has 3 aromatic carbocycles. The number of hydrogen-bond acceptors (Lipinski definition) is 6. The number of halogens is 1. The highest BCUT2D eigenvalue weighted by Crippen LogP contribution is 2.33. The third kappa shape index (κ3) is 7.17. The number of rotatable bonds is 9. The first-order chi connectivity index (χ1) is 18.7. The Morgan fingerprint density at radius 2 is 1.85 bits per heavy atom. The summed E-state index contributed by atoms with van der Waals surface area (Å²) in [5.74, 6) is -1.06.